The van der Waals surface area contributed by atoms with Gasteiger partial charge in [0.15, 0.2) is 9.84 Å². The van der Waals surface area contributed by atoms with Crippen molar-refractivity contribution in [2.45, 2.75) is 30.8 Å². The van der Waals surface area contributed by atoms with Crippen molar-refractivity contribution in [3.8, 4) is 22.8 Å². The van der Waals surface area contributed by atoms with Crippen molar-refractivity contribution in [3.63, 3.8) is 0 Å². The smallest absolute Gasteiger partial charge is 0.418 e. The van der Waals surface area contributed by atoms with Crippen LogP contribution in [0.3, 0.4) is 0 Å². The molecule has 4 rings (SSSR count). The number of ether oxygens (including phenoxy) is 1. The molecule has 0 spiro atoms. The van der Waals surface area contributed by atoms with Crippen molar-refractivity contribution >= 4 is 38.2 Å². The molecule has 0 aliphatic heterocycles. The topological polar surface area (TPSA) is 112 Å². The van der Waals surface area contributed by atoms with Crippen molar-refractivity contribution in [1.29, 1.82) is 0 Å². The summed E-state index contributed by atoms with van der Waals surface area (Å²) < 4.78 is 72.0. The molecule has 0 radical (unpaired) electrons. The molecule has 0 saturated carbocycles. The maximum atomic E-state index is 13.6. The average molecular weight is 564 g/mol. The van der Waals surface area contributed by atoms with Gasteiger partial charge in [0.2, 0.25) is 5.91 Å². The van der Waals surface area contributed by atoms with Gasteiger partial charge in [0, 0.05) is 17.4 Å². The van der Waals surface area contributed by atoms with Crippen molar-refractivity contribution < 1.29 is 31.1 Å². The quantitative estimate of drug-likeness (QED) is 0.277. The van der Waals surface area contributed by atoms with Crippen LogP contribution in [0.1, 0.15) is 24.2 Å². The summed E-state index contributed by atoms with van der Waals surface area (Å²) in [7, 11) is -3.69. The third-order valence-electron chi connectivity index (χ3n) is 5.57. The zero-order valence-electron chi connectivity index (χ0n) is 19.9. The first kappa shape index (κ1) is 27.3. The summed E-state index contributed by atoms with van der Waals surface area (Å²) in [5.41, 5.74) is 4.45. The highest BCUT2D eigenvalue weighted by atomic mass is 35.5. The second-order valence-corrected chi connectivity index (χ2v) is 10.9. The van der Waals surface area contributed by atoms with E-state index >= 15 is 0 Å². The molecule has 4 aromatic rings. The Hall–Kier alpha value is -3.70. The number of hydrogen-bond acceptors (Lipinski definition) is 6. The lowest BCUT2D eigenvalue weighted by molar-refractivity contribution is -0.136. The molecule has 1 amide bonds. The van der Waals surface area contributed by atoms with Gasteiger partial charge < -0.3 is 10.5 Å². The van der Waals surface area contributed by atoms with Gasteiger partial charge in [-0.25, -0.2) is 18.4 Å². The first-order chi connectivity index (χ1) is 17.8. The Kier molecular flexibility index (Phi) is 7.61. The van der Waals surface area contributed by atoms with Crippen LogP contribution >= 0.6 is 11.6 Å². The molecule has 7 nitrogen and oxygen atoms in total. The van der Waals surface area contributed by atoms with E-state index in [0.717, 1.165) is 6.07 Å². The Balaban J connectivity index is 1.71. The maximum Gasteiger partial charge on any atom is 0.418 e. The molecule has 0 atom stereocenters. The average Bonchev–Trinajstić information content (AvgIpc) is 2.83. The molecule has 0 fully saturated rings. The highest BCUT2D eigenvalue weighted by Crippen LogP contribution is 2.39. The molecule has 0 unspecified atom stereocenters. The SMILES string of the molecule is Cc1nc(-c2cc(Oc3cccc(S(=O)(=O)CCCC(N)=O)c3)ccc2Cl)c2cccc(C(F)(F)F)c2n1. The van der Waals surface area contributed by atoms with Gasteiger partial charge >= 0.3 is 6.18 Å². The minimum Gasteiger partial charge on any atom is -0.457 e. The van der Waals surface area contributed by atoms with Crippen LogP contribution in [0.15, 0.2) is 65.6 Å². The molecule has 0 saturated heterocycles. The number of primary amides is 1. The second kappa shape index (κ2) is 10.6. The molecule has 2 N–H and O–H groups in total. The predicted molar refractivity (Wildman–Crippen MR) is 137 cm³/mol. The number of carbonyl (C=O) groups is 1. The third kappa shape index (κ3) is 6.05. The van der Waals surface area contributed by atoms with E-state index in [1.165, 1.54) is 55.5 Å². The summed E-state index contributed by atoms with van der Waals surface area (Å²) in [6.07, 6.45) is -4.58. The third-order valence-corrected chi connectivity index (χ3v) is 7.70. The van der Waals surface area contributed by atoms with Crippen molar-refractivity contribution in [2.75, 3.05) is 5.75 Å². The van der Waals surface area contributed by atoms with Crippen molar-refractivity contribution in [3.05, 3.63) is 77.1 Å². The number of carbonyl (C=O) groups excluding carboxylic acids is 1. The van der Waals surface area contributed by atoms with Crippen LogP contribution in [-0.4, -0.2) is 30.0 Å². The van der Waals surface area contributed by atoms with Gasteiger partial charge in [-0.3, -0.25) is 4.79 Å². The van der Waals surface area contributed by atoms with Crippen LogP contribution in [0, 0.1) is 6.92 Å². The monoisotopic (exact) mass is 563 g/mol. The zero-order valence-corrected chi connectivity index (χ0v) is 21.5. The first-order valence-electron chi connectivity index (χ1n) is 11.3. The summed E-state index contributed by atoms with van der Waals surface area (Å²) in [5.74, 6) is -0.260. The minimum atomic E-state index is -4.61. The Morgan fingerprint density at radius 2 is 1.74 bits per heavy atom. The Morgan fingerprint density at radius 3 is 2.45 bits per heavy atom. The Bertz CT molecular complexity index is 1640. The van der Waals surface area contributed by atoms with Gasteiger partial charge in [-0.05, 0) is 55.8 Å². The molecule has 0 bridgehead atoms. The molecule has 3 aromatic carbocycles. The molecule has 0 aliphatic carbocycles. The number of nitrogens with two attached hydrogens (primary N) is 1. The number of amides is 1. The van der Waals surface area contributed by atoms with Crippen LogP contribution in [0.2, 0.25) is 5.02 Å². The van der Waals surface area contributed by atoms with Gasteiger partial charge in [-0.2, -0.15) is 13.2 Å². The number of halogens is 4. The fraction of sp³-hybridized carbons (Fsp3) is 0.192. The Morgan fingerprint density at radius 1 is 1.03 bits per heavy atom. The molecule has 12 heteroatoms. The van der Waals surface area contributed by atoms with E-state index in [4.69, 9.17) is 22.1 Å². The van der Waals surface area contributed by atoms with E-state index in [2.05, 4.69) is 9.97 Å². The number of fused-ring (bicyclic) bond motifs is 1. The lowest BCUT2D eigenvalue weighted by Gasteiger charge is -2.14. The number of hydrogen-bond donors (Lipinski definition) is 1. The van der Waals surface area contributed by atoms with E-state index in [9.17, 15) is 26.4 Å². The minimum absolute atomic E-state index is 0.00533. The maximum absolute atomic E-state index is 13.6. The Labute approximate surface area is 221 Å². The van der Waals surface area contributed by atoms with E-state index in [0.29, 0.717) is 5.56 Å². The van der Waals surface area contributed by atoms with E-state index in [-0.39, 0.29) is 62.4 Å². The molecule has 1 heterocycles. The van der Waals surface area contributed by atoms with E-state index in [1.54, 1.807) is 6.07 Å². The van der Waals surface area contributed by atoms with Crippen LogP contribution in [-0.2, 0) is 20.8 Å². The van der Waals surface area contributed by atoms with Crippen LogP contribution in [0.4, 0.5) is 13.2 Å². The van der Waals surface area contributed by atoms with Crippen molar-refractivity contribution in [2.24, 2.45) is 5.73 Å². The lowest BCUT2D eigenvalue weighted by Crippen LogP contribution is -2.13. The van der Waals surface area contributed by atoms with Crippen LogP contribution < -0.4 is 10.5 Å². The number of aromatic nitrogens is 2. The van der Waals surface area contributed by atoms with Crippen LogP contribution in [0.5, 0.6) is 11.5 Å². The summed E-state index contributed by atoms with van der Waals surface area (Å²) in [6, 6.07) is 14.1. The summed E-state index contributed by atoms with van der Waals surface area (Å²) >= 11 is 6.42. The van der Waals surface area contributed by atoms with Gasteiger partial charge in [0.25, 0.3) is 0 Å². The van der Waals surface area contributed by atoms with Crippen molar-refractivity contribution in [1.82, 2.24) is 9.97 Å². The van der Waals surface area contributed by atoms with Crippen LogP contribution in [0.25, 0.3) is 22.2 Å². The molecule has 38 heavy (non-hydrogen) atoms. The normalized spacial score (nSPS) is 12.0. The van der Waals surface area contributed by atoms with Gasteiger partial charge in [-0.1, -0.05) is 29.8 Å². The van der Waals surface area contributed by atoms with E-state index < -0.39 is 27.5 Å². The summed E-state index contributed by atoms with van der Waals surface area (Å²) in [4.78, 5) is 19.3. The van der Waals surface area contributed by atoms with Gasteiger partial charge in [-0.15, -0.1) is 0 Å². The summed E-state index contributed by atoms with van der Waals surface area (Å²) in [6.45, 7) is 1.49. The number of para-hydroxylation sites is 1. The molecule has 198 valence electrons. The molecular weight excluding hydrogens is 543 g/mol. The largest absolute Gasteiger partial charge is 0.457 e. The van der Waals surface area contributed by atoms with Gasteiger partial charge in [0.1, 0.15) is 17.3 Å². The highest BCUT2D eigenvalue weighted by Gasteiger charge is 2.34. The number of aryl methyl sites for hydroxylation is 1. The summed E-state index contributed by atoms with van der Waals surface area (Å²) in [5, 5.41) is 0.383. The molecule has 0 aliphatic rings. The number of benzene rings is 3. The second-order valence-electron chi connectivity index (χ2n) is 8.43. The fourth-order valence-electron chi connectivity index (χ4n) is 3.87. The number of alkyl halides is 3. The predicted octanol–water partition coefficient (Wildman–Crippen LogP) is 6.11. The standard InChI is InChI=1S/C26H21ClF3N3O4S/c1-15-32-24(19-7-3-8-21(25(19)33-15)26(28,29)30)20-14-17(10-11-22(20)27)37-16-5-2-6-18(13-16)38(35,36)12-4-9-23(31)34/h2-3,5-8,10-11,13-14H,4,9,12H2,1H3,(H2,31,34). The molecule has 1 aromatic heterocycles. The number of nitrogens with zero attached hydrogens (tertiary/aromatic N) is 2. The van der Waals surface area contributed by atoms with Gasteiger partial charge in [0.05, 0.1) is 32.4 Å². The molecular formula is C26H21ClF3N3O4S. The number of rotatable bonds is 8. The van der Waals surface area contributed by atoms with E-state index in [1.807, 2.05) is 0 Å². The zero-order chi connectivity index (χ0) is 27.7. The number of sulfone groups is 1. The lowest BCUT2D eigenvalue weighted by atomic mass is 10.0. The highest BCUT2D eigenvalue weighted by molar-refractivity contribution is 7.91. The fourth-order valence-corrected chi connectivity index (χ4v) is 5.42. The first-order valence-corrected chi connectivity index (χ1v) is 13.3.